The lowest BCUT2D eigenvalue weighted by atomic mass is 10.1. The van der Waals surface area contributed by atoms with Gasteiger partial charge in [-0.25, -0.2) is 0 Å². The summed E-state index contributed by atoms with van der Waals surface area (Å²) in [6, 6.07) is 16.2. The van der Waals surface area contributed by atoms with Crippen molar-refractivity contribution in [1.82, 2.24) is 0 Å². The van der Waals surface area contributed by atoms with Crippen LogP contribution in [-0.2, 0) is 0 Å². The molecule has 0 heterocycles. The van der Waals surface area contributed by atoms with E-state index in [1.54, 1.807) is 12.3 Å². The lowest BCUT2D eigenvalue weighted by Crippen LogP contribution is -3.12. The van der Waals surface area contributed by atoms with Crippen LogP contribution in [0, 0.1) is 0 Å². The van der Waals surface area contributed by atoms with Crippen LogP contribution in [0.15, 0.2) is 58.0 Å². The van der Waals surface area contributed by atoms with Gasteiger partial charge in [0.15, 0.2) is 0 Å². The molecule has 0 spiro atoms. The topological polar surface area (TPSA) is 37.0 Å². The fourth-order valence-electron chi connectivity index (χ4n) is 2.78. The van der Waals surface area contributed by atoms with Crippen molar-refractivity contribution in [2.24, 2.45) is 4.99 Å². The molecule has 2 N–H and O–H groups in total. The summed E-state index contributed by atoms with van der Waals surface area (Å²) in [7, 11) is 0. The third-order valence-electron chi connectivity index (χ3n) is 4.11. The van der Waals surface area contributed by atoms with Crippen molar-refractivity contribution >= 4 is 22.1 Å². The molecule has 0 amide bonds. The first-order valence-electron chi connectivity index (χ1n) is 8.03. The Morgan fingerprint density at radius 2 is 1.83 bits per heavy atom. The van der Waals surface area contributed by atoms with Gasteiger partial charge in [-0.2, -0.15) is 0 Å². The van der Waals surface area contributed by atoms with Crippen LogP contribution in [-0.4, -0.2) is 31.0 Å². The summed E-state index contributed by atoms with van der Waals surface area (Å²) in [5.41, 5.74) is 2.04. The summed E-state index contributed by atoms with van der Waals surface area (Å²) in [6.45, 7) is 7.24. The monoisotopic (exact) mass is 375 g/mol. The molecule has 0 aliphatic carbocycles. The molecule has 0 aliphatic heterocycles. The van der Waals surface area contributed by atoms with E-state index in [1.165, 1.54) is 10.5 Å². The van der Waals surface area contributed by atoms with Gasteiger partial charge in [0.05, 0.1) is 19.6 Å². The largest absolute Gasteiger partial charge is 0.507 e. The van der Waals surface area contributed by atoms with Gasteiger partial charge in [-0.3, -0.25) is 4.99 Å². The molecule has 0 aromatic heterocycles. The van der Waals surface area contributed by atoms with Crippen LogP contribution in [0.1, 0.15) is 31.0 Å². The Bertz CT molecular complexity index is 639. The van der Waals surface area contributed by atoms with Gasteiger partial charge in [-0.05, 0) is 32.0 Å². The molecule has 4 heteroatoms. The molecule has 0 bridgehead atoms. The number of rotatable bonds is 7. The van der Waals surface area contributed by atoms with E-state index >= 15 is 0 Å². The maximum atomic E-state index is 9.90. The number of hydrogen-bond acceptors (Lipinski definition) is 2. The number of aromatic hydroxyl groups is 1. The van der Waals surface area contributed by atoms with Crippen molar-refractivity contribution in [2.75, 3.05) is 19.6 Å². The molecule has 122 valence electrons. The maximum absolute atomic E-state index is 9.90. The average molecular weight is 376 g/mol. The summed E-state index contributed by atoms with van der Waals surface area (Å²) < 4.78 is 0.936. The summed E-state index contributed by atoms with van der Waals surface area (Å²) >= 11 is 3.42. The van der Waals surface area contributed by atoms with Crippen molar-refractivity contribution in [1.29, 1.82) is 0 Å². The number of benzene rings is 2. The summed E-state index contributed by atoms with van der Waals surface area (Å²) in [5.74, 6) is 0.253. The van der Waals surface area contributed by atoms with Gasteiger partial charge < -0.3 is 10.0 Å². The summed E-state index contributed by atoms with van der Waals surface area (Å²) in [4.78, 5) is 6.12. The number of quaternary nitrogens is 1. The van der Waals surface area contributed by atoms with Gasteiger partial charge >= 0.3 is 0 Å². The molecule has 0 fully saturated rings. The second-order valence-electron chi connectivity index (χ2n) is 5.53. The first-order valence-corrected chi connectivity index (χ1v) is 8.82. The van der Waals surface area contributed by atoms with E-state index in [0.29, 0.717) is 12.6 Å². The smallest absolute Gasteiger partial charge is 0.133 e. The van der Waals surface area contributed by atoms with Crippen LogP contribution < -0.4 is 4.90 Å². The van der Waals surface area contributed by atoms with Crippen LogP contribution in [0.2, 0.25) is 0 Å². The fraction of sp³-hybridized carbons (Fsp3) is 0.316. The predicted octanol–water partition coefficient (Wildman–Crippen LogP) is 3.24. The minimum atomic E-state index is 0.253. The molecule has 0 saturated heterocycles. The van der Waals surface area contributed by atoms with Crippen LogP contribution in [0.25, 0.3) is 0 Å². The Balaban J connectivity index is 2.18. The van der Waals surface area contributed by atoms with Gasteiger partial charge in [0.2, 0.25) is 0 Å². The number of aliphatic imine (C=N–C) groups is 1. The van der Waals surface area contributed by atoms with Gasteiger partial charge in [-0.1, -0.05) is 46.3 Å². The van der Waals surface area contributed by atoms with E-state index in [9.17, 15) is 5.11 Å². The molecule has 0 saturated carbocycles. The van der Waals surface area contributed by atoms with Crippen molar-refractivity contribution in [3.8, 4) is 5.75 Å². The zero-order valence-corrected chi connectivity index (χ0v) is 15.3. The lowest BCUT2D eigenvalue weighted by Gasteiger charge is -2.25. The highest BCUT2D eigenvalue weighted by Gasteiger charge is 2.20. The molecule has 0 unspecified atom stereocenters. The van der Waals surface area contributed by atoms with Crippen molar-refractivity contribution in [3.63, 3.8) is 0 Å². The SMILES string of the molecule is CC[NH+](CC)[C@@H](CN=Cc1cc(Br)ccc1O)c1ccccc1. The molecule has 23 heavy (non-hydrogen) atoms. The highest BCUT2D eigenvalue weighted by Crippen LogP contribution is 2.20. The highest BCUT2D eigenvalue weighted by atomic mass is 79.9. The summed E-state index contributed by atoms with van der Waals surface area (Å²) in [6.07, 6.45) is 1.76. The molecule has 0 aliphatic rings. The molecular formula is C19H24BrN2O+. The molecule has 1 atom stereocenters. The third-order valence-corrected chi connectivity index (χ3v) is 4.60. The van der Waals surface area contributed by atoms with Gasteiger partial charge in [0.25, 0.3) is 0 Å². The minimum Gasteiger partial charge on any atom is -0.507 e. The Kier molecular flexibility index (Phi) is 6.81. The van der Waals surface area contributed by atoms with E-state index in [1.807, 2.05) is 18.2 Å². The van der Waals surface area contributed by atoms with Gasteiger partial charge in [0, 0.05) is 21.8 Å². The Hall–Kier alpha value is -1.65. The second kappa shape index (κ2) is 8.85. The van der Waals surface area contributed by atoms with Crippen molar-refractivity contribution in [3.05, 3.63) is 64.1 Å². The average Bonchev–Trinajstić information content (AvgIpc) is 2.58. The number of halogens is 1. The predicted molar refractivity (Wildman–Crippen MR) is 99.5 cm³/mol. The number of nitrogens with one attached hydrogen (secondary N) is 1. The van der Waals surface area contributed by atoms with E-state index in [-0.39, 0.29) is 5.75 Å². The van der Waals surface area contributed by atoms with Crippen LogP contribution >= 0.6 is 15.9 Å². The van der Waals surface area contributed by atoms with Crippen molar-refractivity contribution < 1.29 is 10.0 Å². The normalized spacial score (nSPS) is 12.9. The number of likely N-dealkylation sites (N-methyl/N-ethyl adjacent to an activating group) is 1. The fourth-order valence-corrected chi connectivity index (χ4v) is 3.16. The number of phenolic OH excluding ortho intramolecular Hbond substituents is 1. The van der Waals surface area contributed by atoms with Crippen molar-refractivity contribution in [2.45, 2.75) is 19.9 Å². The Morgan fingerprint density at radius 3 is 2.48 bits per heavy atom. The molecule has 2 rings (SSSR count). The molecule has 0 radical (unpaired) electrons. The Labute approximate surface area is 146 Å². The third kappa shape index (κ3) is 4.91. The van der Waals surface area contributed by atoms with Crippen LogP contribution in [0.5, 0.6) is 5.75 Å². The number of hydrogen-bond donors (Lipinski definition) is 2. The Morgan fingerprint density at radius 1 is 1.13 bits per heavy atom. The first kappa shape index (κ1) is 17.7. The quantitative estimate of drug-likeness (QED) is 0.716. The lowest BCUT2D eigenvalue weighted by molar-refractivity contribution is -0.926. The summed E-state index contributed by atoms with van der Waals surface area (Å²) in [5, 5.41) is 9.90. The first-order chi connectivity index (χ1) is 11.2. The standard InChI is InChI=1S/C19H23BrN2O/c1-3-22(4-2)18(15-8-6-5-7-9-15)14-21-13-16-12-17(20)10-11-19(16)23/h5-13,18,23H,3-4,14H2,1-2H3/p+1/t18-/m0/s1. The molecule has 3 nitrogen and oxygen atoms in total. The van der Waals surface area contributed by atoms with E-state index in [0.717, 1.165) is 23.1 Å². The molecule has 2 aromatic carbocycles. The van der Waals surface area contributed by atoms with E-state index in [2.05, 4.69) is 59.0 Å². The number of phenols is 1. The highest BCUT2D eigenvalue weighted by molar-refractivity contribution is 9.10. The van der Waals surface area contributed by atoms with Crippen LogP contribution in [0.3, 0.4) is 0 Å². The van der Waals surface area contributed by atoms with Gasteiger partial charge in [-0.15, -0.1) is 0 Å². The van der Waals surface area contributed by atoms with E-state index < -0.39 is 0 Å². The number of nitrogens with zero attached hydrogens (tertiary/aromatic N) is 1. The van der Waals surface area contributed by atoms with Gasteiger partial charge in [0.1, 0.15) is 11.8 Å². The molecular weight excluding hydrogens is 352 g/mol. The molecule has 2 aromatic rings. The van der Waals surface area contributed by atoms with E-state index in [4.69, 9.17) is 0 Å². The zero-order valence-electron chi connectivity index (χ0n) is 13.7. The maximum Gasteiger partial charge on any atom is 0.133 e. The second-order valence-corrected chi connectivity index (χ2v) is 6.44. The van der Waals surface area contributed by atoms with Crippen LogP contribution in [0.4, 0.5) is 0 Å². The zero-order chi connectivity index (χ0) is 16.7. The minimum absolute atomic E-state index is 0.253.